The number of para-hydroxylation sites is 1. The Hall–Kier alpha value is -3.05. The molecule has 4 nitrogen and oxygen atoms in total. The fourth-order valence-corrected chi connectivity index (χ4v) is 5.18. The van der Waals surface area contributed by atoms with Gasteiger partial charge in [0.15, 0.2) is 0 Å². The third-order valence-electron chi connectivity index (χ3n) is 5.69. The fourth-order valence-electron chi connectivity index (χ4n) is 4.02. The van der Waals surface area contributed by atoms with Crippen LogP contribution in [0.3, 0.4) is 0 Å². The van der Waals surface area contributed by atoms with E-state index in [4.69, 9.17) is 0 Å². The molecule has 32 heavy (non-hydrogen) atoms. The van der Waals surface area contributed by atoms with Crippen LogP contribution in [0.2, 0.25) is 0 Å². The molecule has 0 bridgehead atoms. The molecule has 1 heterocycles. The van der Waals surface area contributed by atoms with E-state index in [0.29, 0.717) is 11.3 Å². The number of carbonyl (C=O) groups excluding carboxylic acids is 2. The Morgan fingerprint density at radius 1 is 1.03 bits per heavy atom. The summed E-state index contributed by atoms with van der Waals surface area (Å²) in [7, 11) is 0. The number of hydrogen-bond donors (Lipinski definition) is 1. The fraction of sp³-hybridized carbons (Fsp3) is 0.259. The van der Waals surface area contributed by atoms with Crippen LogP contribution in [0.15, 0.2) is 72.8 Å². The maximum absolute atomic E-state index is 12.9. The van der Waals surface area contributed by atoms with Crippen molar-refractivity contribution in [2.24, 2.45) is 0 Å². The predicted octanol–water partition coefficient (Wildman–Crippen LogP) is 6.23. The number of benzene rings is 3. The van der Waals surface area contributed by atoms with E-state index >= 15 is 0 Å². The Balaban J connectivity index is 1.58. The van der Waals surface area contributed by atoms with E-state index in [9.17, 15) is 9.59 Å². The summed E-state index contributed by atoms with van der Waals surface area (Å²) >= 11 is 1.63. The SMILES string of the molecule is CCCc1ccccc1N1C(=O)CS[C@H]1c1cccc(NC(=O)c2ccc(CC)cc2)c1. The van der Waals surface area contributed by atoms with Crippen LogP contribution in [0.5, 0.6) is 0 Å². The van der Waals surface area contributed by atoms with Gasteiger partial charge in [-0.1, -0.05) is 62.7 Å². The third-order valence-corrected chi connectivity index (χ3v) is 6.90. The number of anilines is 2. The van der Waals surface area contributed by atoms with Crippen molar-refractivity contribution in [1.29, 1.82) is 0 Å². The molecule has 1 fully saturated rings. The van der Waals surface area contributed by atoms with Crippen molar-refractivity contribution in [1.82, 2.24) is 0 Å². The molecular weight excluding hydrogens is 416 g/mol. The van der Waals surface area contributed by atoms with Gasteiger partial charge in [-0.05, 0) is 59.9 Å². The van der Waals surface area contributed by atoms with Crippen LogP contribution in [0.25, 0.3) is 0 Å². The maximum Gasteiger partial charge on any atom is 0.255 e. The van der Waals surface area contributed by atoms with E-state index in [1.807, 2.05) is 71.6 Å². The molecule has 0 aromatic heterocycles. The summed E-state index contributed by atoms with van der Waals surface area (Å²) in [5.74, 6) is 0.435. The molecule has 0 aliphatic carbocycles. The summed E-state index contributed by atoms with van der Waals surface area (Å²) in [6.07, 6.45) is 2.90. The van der Waals surface area contributed by atoms with Crippen LogP contribution in [0.1, 0.15) is 52.7 Å². The molecule has 1 saturated heterocycles. The van der Waals surface area contributed by atoms with Gasteiger partial charge in [-0.15, -0.1) is 11.8 Å². The second-order valence-electron chi connectivity index (χ2n) is 7.94. The Morgan fingerprint density at radius 3 is 2.56 bits per heavy atom. The number of hydrogen-bond acceptors (Lipinski definition) is 3. The molecule has 0 unspecified atom stereocenters. The van der Waals surface area contributed by atoms with E-state index in [2.05, 4.69) is 25.2 Å². The average Bonchev–Trinajstić information content (AvgIpc) is 3.21. The van der Waals surface area contributed by atoms with Crippen LogP contribution in [-0.2, 0) is 17.6 Å². The molecule has 5 heteroatoms. The lowest BCUT2D eigenvalue weighted by Crippen LogP contribution is -2.28. The molecule has 1 aliphatic rings. The number of aryl methyl sites for hydroxylation is 2. The Kier molecular flexibility index (Phi) is 6.96. The van der Waals surface area contributed by atoms with Gasteiger partial charge in [-0.2, -0.15) is 0 Å². The van der Waals surface area contributed by atoms with Crippen molar-refractivity contribution < 1.29 is 9.59 Å². The minimum absolute atomic E-state index is 0.110. The van der Waals surface area contributed by atoms with Crippen molar-refractivity contribution >= 4 is 35.0 Å². The Morgan fingerprint density at radius 2 is 1.81 bits per heavy atom. The first-order chi connectivity index (χ1) is 15.6. The van der Waals surface area contributed by atoms with Crippen molar-refractivity contribution in [2.45, 2.75) is 38.5 Å². The monoisotopic (exact) mass is 444 g/mol. The minimum atomic E-state index is -0.134. The van der Waals surface area contributed by atoms with Crippen molar-refractivity contribution in [3.63, 3.8) is 0 Å². The lowest BCUT2D eigenvalue weighted by Gasteiger charge is -2.27. The van der Waals surface area contributed by atoms with Gasteiger partial charge in [0.2, 0.25) is 5.91 Å². The maximum atomic E-state index is 12.9. The third kappa shape index (κ3) is 4.73. The highest BCUT2D eigenvalue weighted by Crippen LogP contribution is 2.43. The van der Waals surface area contributed by atoms with Gasteiger partial charge in [0.1, 0.15) is 5.37 Å². The molecular formula is C27H28N2O2S. The number of nitrogens with one attached hydrogen (secondary N) is 1. The number of amides is 2. The summed E-state index contributed by atoms with van der Waals surface area (Å²) in [6, 6.07) is 23.7. The van der Waals surface area contributed by atoms with Crippen molar-refractivity contribution in [3.05, 3.63) is 95.1 Å². The first-order valence-corrected chi connectivity index (χ1v) is 12.2. The van der Waals surface area contributed by atoms with E-state index in [1.165, 1.54) is 11.1 Å². The number of nitrogens with zero attached hydrogens (tertiary/aromatic N) is 1. The van der Waals surface area contributed by atoms with Crippen molar-refractivity contribution in [2.75, 3.05) is 16.0 Å². The van der Waals surface area contributed by atoms with Crippen molar-refractivity contribution in [3.8, 4) is 0 Å². The van der Waals surface area contributed by atoms with Crippen LogP contribution in [-0.4, -0.2) is 17.6 Å². The summed E-state index contributed by atoms with van der Waals surface area (Å²) < 4.78 is 0. The molecule has 3 aromatic carbocycles. The number of rotatable bonds is 7. The first-order valence-electron chi connectivity index (χ1n) is 11.1. The van der Waals surface area contributed by atoms with E-state index in [1.54, 1.807) is 11.8 Å². The molecule has 0 spiro atoms. The first kappa shape index (κ1) is 22.2. The average molecular weight is 445 g/mol. The molecule has 2 amide bonds. The minimum Gasteiger partial charge on any atom is -0.322 e. The molecule has 164 valence electrons. The molecule has 1 aliphatic heterocycles. The number of thioether (sulfide) groups is 1. The summed E-state index contributed by atoms with van der Waals surface area (Å²) in [5, 5.41) is 2.90. The van der Waals surface area contributed by atoms with Gasteiger partial charge in [0.05, 0.1) is 5.75 Å². The van der Waals surface area contributed by atoms with Crippen LogP contribution in [0, 0.1) is 0 Å². The van der Waals surface area contributed by atoms with E-state index in [0.717, 1.165) is 36.2 Å². The zero-order valence-corrected chi connectivity index (χ0v) is 19.3. The van der Waals surface area contributed by atoms with Gasteiger partial charge >= 0.3 is 0 Å². The van der Waals surface area contributed by atoms with Gasteiger partial charge in [-0.25, -0.2) is 0 Å². The van der Waals surface area contributed by atoms with Crippen LogP contribution < -0.4 is 10.2 Å². The highest BCUT2D eigenvalue weighted by Gasteiger charge is 2.35. The molecule has 1 N–H and O–H groups in total. The Bertz CT molecular complexity index is 1110. The molecule has 3 aromatic rings. The van der Waals surface area contributed by atoms with Gasteiger partial charge < -0.3 is 5.32 Å². The molecule has 1 atom stereocenters. The molecule has 0 radical (unpaired) electrons. The smallest absolute Gasteiger partial charge is 0.255 e. The highest BCUT2D eigenvalue weighted by atomic mass is 32.2. The normalized spacial score (nSPS) is 15.8. The number of carbonyl (C=O) groups is 2. The summed E-state index contributed by atoms with van der Waals surface area (Å²) in [6.45, 7) is 4.24. The zero-order valence-electron chi connectivity index (χ0n) is 18.5. The zero-order chi connectivity index (χ0) is 22.5. The molecule has 4 rings (SSSR count). The van der Waals surface area contributed by atoms with E-state index < -0.39 is 0 Å². The topological polar surface area (TPSA) is 49.4 Å². The molecule has 0 saturated carbocycles. The van der Waals surface area contributed by atoms with Gasteiger partial charge in [-0.3, -0.25) is 14.5 Å². The summed E-state index contributed by atoms with van der Waals surface area (Å²) in [4.78, 5) is 27.5. The lowest BCUT2D eigenvalue weighted by molar-refractivity contribution is -0.115. The quantitative estimate of drug-likeness (QED) is 0.470. The lowest BCUT2D eigenvalue weighted by atomic mass is 10.1. The van der Waals surface area contributed by atoms with Gasteiger partial charge in [0, 0.05) is 16.9 Å². The summed E-state index contributed by atoms with van der Waals surface area (Å²) in [5.41, 5.74) is 5.75. The second kappa shape index (κ2) is 10.0. The largest absolute Gasteiger partial charge is 0.322 e. The standard InChI is InChI=1S/C27H28N2O2S/c1-3-8-20-9-5-6-12-24(20)29-25(30)18-32-27(29)22-10-7-11-23(17-22)28-26(31)21-15-13-19(4-2)14-16-21/h5-7,9-17,27H,3-4,8,18H2,1-2H3,(H,28,31)/t27-/m0/s1. The second-order valence-corrected chi connectivity index (χ2v) is 9.00. The highest BCUT2D eigenvalue weighted by molar-refractivity contribution is 8.00. The van der Waals surface area contributed by atoms with Gasteiger partial charge in [0.25, 0.3) is 5.91 Å². The van der Waals surface area contributed by atoms with Crippen LogP contribution >= 0.6 is 11.8 Å². The van der Waals surface area contributed by atoms with Crippen LogP contribution in [0.4, 0.5) is 11.4 Å². The Labute approximate surface area is 194 Å². The predicted molar refractivity (Wildman–Crippen MR) is 133 cm³/mol. The van der Waals surface area contributed by atoms with E-state index in [-0.39, 0.29) is 17.2 Å².